The molecule has 0 aliphatic carbocycles. The van der Waals surface area contributed by atoms with Crippen LogP contribution in [0.15, 0.2) is 54.0 Å². The molecule has 11 heteroatoms. The number of aromatic nitrogens is 2. The van der Waals surface area contributed by atoms with Crippen molar-refractivity contribution in [2.24, 2.45) is 0 Å². The summed E-state index contributed by atoms with van der Waals surface area (Å²) >= 11 is 0.741. The van der Waals surface area contributed by atoms with Crippen LogP contribution < -0.4 is 4.74 Å². The standard InChI is InChI=1S/C21H13F7N2OS/c1-2-32-19(25)17(24)12-5-3-11(4-6-12)14-9-29-20(30-10-14)13-7-15(22)18(16(23)8-13)31-21(26,27)28/h3-10H,2H2,1H3/b19-17-. The van der Waals surface area contributed by atoms with Crippen molar-refractivity contribution in [3.8, 4) is 28.3 Å². The first-order chi connectivity index (χ1) is 15.1. The average Bonchev–Trinajstić information content (AvgIpc) is 2.75. The maximum Gasteiger partial charge on any atom is 0.573 e. The lowest BCUT2D eigenvalue weighted by molar-refractivity contribution is -0.276. The highest BCUT2D eigenvalue weighted by Gasteiger charge is 2.34. The number of thioether (sulfide) groups is 1. The summed E-state index contributed by atoms with van der Waals surface area (Å²) in [6.07, 6.45) is -2.63. The fraction of sp³-hybridized carbons (Fsp3) is 0.143. The van der Waals surface area contributed by atoms with E-state index in [1.165, 1.54) is 36.7 Å². The molecule has 0 fully saturated rings. The van der Waals surface area contributed by atoms with Crippen molar-refractivity contribution >= 4 is 17.6 Å². The average molecular weight is 474 g/mol. The van der Waals surface area contributed by atoms with E-state index in [9.17, 15) is 30.7 Å². The van der Waals surface area contributed by atoms with Crippen LogP contribution in [-0.2, 0) is 0 Å². The quantitative estimate of drug-likeness (QED) is 0.351. The van der Waals surface area contributed by atoms with Gasteiger partial charge in [0.05, 0.1) is 0 Å². The predicted octanol–water partition coefficient (Wildman–Crippen LogP) is 7.31. The molecule has 0 N–H and O–H groups in total. The summed E-state index contributed by atoms with van der Waals surface area (Å²) in [6, 6.07) is 7.01. The smallest absolute Gasteiger partial charge is 0.399 e. The predicted molar refractivity (Wildman–Crippen MR) is 107 cm³/mol. The van der Waals surface area contributed by atoms with Crippen LogP contribution in [0.5, 0.6) is 5.75 Å². The Bertz CT molecular complexity index is 1110. The van der Waals surface area contributed by atoms with Crippen molar-refractivity contribution in [1.82, 2.24) is 9.97 Å². The number of nitrogens with zero attached hydrogens (tertiary/aromatic N) is 2. The van der Waals surface area contributed by atoms with E-state index in [2.05, 4.69) is 14.7 Å². The molecule has 0 saturated heterocycles. The summed E-state index contributed by atoms with van der Waals surface area (Å²) in [5.74, 6) is -5.44. The van der Waals surface area contributed by atoms with E-state index in [0.717, 1.165) is 11.8 Å². The Morgan fingerprint density at radius 2 is 1.47 bits per heavy atom. The minimum atomic E-state index is -5.25. The van der Waals surface area contributed by atoms with Crippen LogP contribution in [0.4, 0.5) is 30.7 Å². The van der Waals surface area contributed by atoms with Gasteiger partial charge in [0.25, 0.3) is 0 Å². The highest BCUT2D eigenvalue weighted by molar-refractivity contribution is 8.03. The molecule has 168 valence electrons. The van der Waals surface area contributed by atoms with Gasteiger partial charge in [0.1, 0.15) is 0 Å². The molecule has 0 atom stereocenters. The van der Waals surface area contributed by atoms with E-state index in [1.807, 2.05) is 0 Å². The van der Waals surface area contributed by atoms with Gasteiger partial charge in [-0.3, -0.25) is 0 Å². The molecule has 0 unspecified atom stereocenters. The van der Waals surface area contributed by atoms with Gasteiger partial charge in [-0.2, -0.15) is 4.39 Å². The van der Waals surface area contributed by atoms with Crippen molar-refractivity contribution in [2.45, 2.75) is 13.3 Å². The first-order valence-corrected chi connectivity index (χ1v) is 9.93. The van der Waals surface area contributed by atoms with E-state index in [1.54, 1.807) is 6.92 Å². The molecule has 0 saturated carbocycles. The topological polar surface area (TPSA) is 35.0 Å². The Morgan fingerprint density at radius 3 is 1.97 bits per heavy atom. The minimum absolute atomic E-state index is 0.0526. The molecule has 0 bridgehead atoms. The molecule has 3 rings (SSSR count). The van der Waals surface area contributed by atoms with Gasteiger partial charge in [-0.25, -0.2) is 23.1 Å². The zero-order valence-electron chi connectivity index (χ0n) is 16.2. The molecule has 0 aliphatic heterocycles. The summed E-state index contributed by atoms with van der Waals surface area (Å²) in [7, 11) is 0. The summed E-state index contributed by atoms with van der Waals surface area (Å²) in [5.41, 5.74) is 0.874. The minimum Gasteiger partial charge on any atom is -0.399 e. The molecule has 2 aromatic carbocycles. The summed E-state index contributed by atoms with van der Waals surface area (Å²) in [6.45, 7) is 1.69. The Labute approximate surface area is 182 Å². The molecule has 0 amide bonds. The highest BCUT2D eigenvalue weighted by atomic mass is 32.2. The van der Waals surface area contributed by atoms with Crippen molar-refractivity contribution in [1.29, 1.82) is 0 Å². The van der Waals surface area contributed by atoms with Crippen molar-refractivity contribution in [3.63, 3.8) is 0 Å². The first-order valence-electron chi connectivity index (χ1n) is 8.95. The molecule has 3 nitrogen and oxygen atoms in total. The second kappa shape index (κ2) is 9.60. The molecular weight excluding hydrogens is 461 g/mol. The van der Waals surface area contributed by atoms with E-state index in [-0.39, 0.29) is 17.0 Å². The third kappa shape index (κ3) is 5.58. The molecule has 32 heavy (non-hydrogen) atoms. The lowest BCUT2D eigenvalue weighted by Gasteiger charge is -2.11. The number of alkyl halides is 3. The van der Waals surface area contributed by atoms with Crippen LogP contribution in [0, 0.1) is 11.6 Å². The molecule has 0 radical (unpaired) electrons. The summed E-state index contributed by atoms with van der Waals surface area (Å²) in [4.78, 5) is 7.94. The van der Waals surface area contributed by atoms with Crippen LogP contribution in [0.2, 0.25) is 0 Å². The molecule has 1 heterocycles. The van der Waals surface area contributed by atoms with Gasteiger partial charge in [-0.1, -0.05) is 43.0 Å². The van der Waals surface area contributed by atoms with Gasteiger partial charge in [-0.15, -0.1) is 13.2 Å². The number of benzene rings is 2. The van der Waals surface area contributed by atoms with Gasteiger partial charge in [0.15, 0.2) is 28.4 Å². The fourth-order valence-electron chi connectivity index (χ4n) is 2.64. The van der Waals surface area contributed by atoms with Crippen molar-refractivity contribution in [3.05, 3.63) is 71.1 Å². The second-order valence-electron chi connectivity index (χ2n) is 6.21. The van der Waals surface area contributed by atoms with Gasteiger partial charge in [0.2, 0.25) is 5.75 Å². The second-order valence-corrected chi connectivity index (χ2v) is 7.43. The first kappa shape index (κ1) is 23.6. The maximum absolute atomic E-state index is 14.0. The fourth-order valence-corrected chi connectivity index (χ4v) is 3.14. The van der Waals surface area contributed by atoms with Gasteiger partial charge < -0.3 is 4.74 Å². The van der Waals surface area contributed by atoms with Crippen LogP contribution in [0.25, 0.3) is 28.3 Å². The summed E-state index contributed by atoms with van der Waals surface area (Å²) in [5, 5.41) is -0.918. The normalized spacial score (nSPS) is 12.5. The number of halogens is 7. The van der Waals surface area contributed by atoms with Gasteiger partial charge >= 0.3 is 6.36 Å². The SMILES string of the molecule is CCS/C(F)=C(\F)c1ccc(-c2cnc(-c3cc(F)c(OC(F)(F)F)c(F)c3)nc2)cc1. The lowest BCUT2D eigenvalue weighted by atomic mass is 10.1. The van der Waals surface area contributed by atoms with Crippen LogP contribution in [0.3, 0.4) is 0 Å². The van der Waals surface area contributed by atoms with Crippen molar-refractivity contribution < 1.29 is 35.5 Å². The third-order valence-electron chi connectivity index (χ3n) is 4.04. The highest BCUT2D eigenvalue weighted by Crippen LogP contribution is 2.33. The Hall–Kier alpha value is -3.08. The Morgan fingerprint density at radius 1 is 0.906 bits per heavy atom. The molecular formula is C21H13F7N2OS. The van der Waals surface area contributed by atoms with Crippen molar-refractivity contribution in [2.75, 3.05) is 5.75 Å². The zero-order valence-corrected chi connectivity index (χ0v) is 17.0. The number of ether oxygens (including phenoxy) is 1. The van der Waals surface area contributed by atoms with Gasteiger partial charge in [-0.05, 0) is 23.4 Å². The summed E-state index contributed by atoms with van der Waals surface area (Å²) < 4.78 is 95.5. The Balaban J connectivity index is 1.83. The molecule has 0 spiro atoms. The number of hydrogen-bond donors (Lipinski definition) is 0. The van der Waals surface area contributed by atoms with Crippen LogP contribution in [0.1, 0.15) is 12.5 Å². The number of hydrogen-bond acceptors (Lipinski definition) is 4. The van der Waals surface area contributed by atoms with E-state index in [4.69, 9.17) is 0 Å². The Kier molecular flexibility index (Phi) is 7.07. The van der Waals surface area contributed by atoms with E-state index < -0.39 is 34.7 Å². The van der Waals surface area contributed by atoms with E-state index in [0.29, 0.717) is 29.0 Å². The molecule has 1 aromatic heterocycles. The van der Waals surface area contributed by atoms with Crippen LogP contribution in [-0.4, -0.2) is 22.1 Å². The van der Waals surface area contributed by atoms with Gasteiger partial charge in [0, 0.05) is 29.1 Å². The maximum atomic E-state index is 14.0. The lowest BCUT2D eigenvalue weighted by Crippen LogP contribution is -2.19. The monoisotopic (exact) mass is 474 g/mol. The molecule has 3 aromatic rings. The zero-order chi connectivity index (χ0) is 23.5. The third-order valence-corrected chi connectivity index (χ3v) is 4.76. The largest absolute Gasteiger partial charge is 0.573 e. The molecule has 0 aliphatic rings. The number of rotatable bonds is 6. The van der Waals surface area contributed by atoms with E-state index >= 15 is 0 Å². The van der Waals surface area contributed by atoms with Crippen LogP contribution >= 0.6 is 11.8 Å².